The first-order valence-electron chi connectivity index (χ1n) is 4.23. The highest BCUT2D eigenvalue weighted by Crippen LogP contribution is 2.32. The predicted octanol–water partition coefficient (Wildman–Crippen LogP) is 2.83. The number of methoxy groups -OCH3 is 1. The first kappa shape index (κ1) is 12.2. The average Bonchev–Trinajstić information content (AvgIpc) is 2.16. The molecule has 82 valence electrons. The van der Waals surface area contributed by atoms with Crippen LogP contribution in [-0.2, 0) is 4.79 Å². The number of aliphatic carboxylic acids is 1. The summed E-state index contributed by atoms with van der Waals surface area (Å²) in [5, 5.41) is 9.11. The van der Waals surface area contributed by atoms with E-state index in [0.29, 0.717) is 10.8 Å². The first-order valence-corrected chi connectivity index (χ1v) is 5.59. The van der Waals surface area contributed by atoms with Crippen molar-refractivity contribution < 1.29 is 14.6 Å². The fourth-order valence-electron chi connectivity index (χ4n) is 1.09. The normalized spacial score (nSPS) is 10.1. The van der Waals surface area contributed by atoms with Crippen molar-refractivity contribution in [2.45, 2.75) is 11.8 Å². The quantitative estimate of drug-likeness (QED) is 0.830. The van der Waals surface area contributed by atoms with Gasteiger partial charge in [-0.3, -0.25) is 4.79 Å². The van der Waals surface area contributed by atoms with E-state index in [9.17, 15) is 4.79 Å². The van der Waals surface area contributed by atoms with Gasteiger partial charge in [0.1, 0.15) is 5.75 Å². The second-order valence-electron chi connectivity index (χ2n) is 2.93. The molecular weight excluding hydrogens is 236 g/mol. The minimum atomic E-state index is -0.840. The van der Waals surface area contributed by atoms with E-state index in [2.05, 4.69) is 0 Å². The van der Waals surface area contributed by atoms with E-state index in [1.54, 1.807) is 12.1 Å². The van der Waals surface area contributed by atoms with Crippen LogP contribution in [0.3, 0.4) is 0 Å². The van der Waals surface area contributed by atoms with Crippen molar-refractivity contribution in [3.8, 4) is 5.75 Å². The minimum Gasteiger partial charge on any atom is -0.495 e. The van der Waals surface area contributed by atoms with Crippen LogP contribution in [0.1, 0.15) is 5.56 Å². The maximum absolute atomic E-state index is 10.4. The Bertz CT molecular complexity index is 379. The van der Waals surface area contributed by atoms with Gasteiger partial charge in [0.05, 0.1) is 17.9 Å². The topological polar surface area (TPSA) is 46.5 Å². The van der Waals surface area contributed by atoms with Gasteiger partial charge in [-0.1, -0.05) is 11.6 Å². The number of carboxylic acids is 1. The fraction of sp³-hybridized carbons (Fsp3) is 0.300. The average molecular weight is 247 g/mol. The second kappa shape index (κ2) is 5.28. The van der Waals surface area contributed by atoms with Gasteiger partial charge in [-0.25, -0.2) is 0 Å². The third-order valence-electron chi connectivity index (χ3n) is 1.80. The summed E-state index contributed by atoms with van der Waals surface area (Å²) in [5.74, 6) is -0.241. The highest BCUT2D eigenvalue weighted by molar-refractivity contribution is 8.00. The summed E-state index contributed by atoms with van der Waals surface area (Å²) in [4.78, 5) is 11.3. The van der Waals surface area contributed by atoms with Crippen molar-refractivity contribution in [3.63, 3.8) is 0 Å². The molecule has 0 bridgehead atoms. The van der Waals surface area contributed by atoms with Crippen LogP contribution in [0, 0.1) is 6.92 Å². The van der Waals surface area contributed by atoms with Crippen LogP contribution in [0.25, 0.3) is 0 Å². The molecule has 1 aromatic carbocycles. The zero-order chi connectivity index (χ0) is 11.4. The highest BCUT2D eigenvalue weighted by atomic mass is 35.5. The molecule has 0 aliphatic carbocycles. The number of ether oxygens (including phenoxy) is 1. The van der Waals surface area contributed by atoms with Crippen molar-refractivity contribution in [1.82, 2.24) is 0 Å². The lowest BCUT2D eigenvalue weighted by molar-refractivity contribution is -0.133. The van der Waals surface area contributed by atoms with Crippen molar-refractivity contribution >= 4 is 29.3 Å². The first-order chi connectivity index (χ1) is 7.04. The molecule has 0 fully saturated rings. The summed E-state index contributed by atoms with van der Waals surface area (Å²) in [6, 6.07) is 3.52. The van der Waals surface area contributed by atoms with Crippen LogP contribution in [0.2, 0.25) is 5.02 Å². The second-order valence-corrected chi connectivity index (χ2v) is 4.36. The molecule has 0 unspecified atom stereocenters. The molecule has 0 amide bonds. The van der Waals surface area contributed by atoms with E-state index in [0.717, 1.165) is 10.5 Å². The molecule has 0 aliphatic rings. The minimum absolute atomic E-state index is 0.0334. The molecule has 5 heteroatoms. The van der Waals surface area contributed by atoms with Gasteiger partial charge in [0.25, 0.3) is 0 Å². The molecule has 0 aromatic heterocycles. The summed E-state index contributed by atoms with van der Waals surface area (Å²) in [6.45, 7) is 1.88. The Morgan fingerprint density at radius 3 is 2.80 bits per heavy atom. The maximum Gasteiger partial charge on any atom is 0.313 e. The number of hydrogen-bond acceptors (Lipinski definition) is 3. The van der Waals surface area contributed by atoms with E-state index in [4.69, 9.17) is 21.4 Å². The summed E-state index contributed by atoms with van der Waals surface area (Å²) >= 11 is 7.17. The zero-order valence-electron chi connectivity index (χ0n) is 8.41. The number of halogens is 1. The molecule has 1 rings (SSSR count). The number of benzene rings is 1. The summed E-state index contributed by atoms with van der Waals surface area (Å²) in [5.41, 5.74) is 0.951. The van der Waals surface area contributed by atoms with Crippen molar-refractivity contribution in [2.75, 3.05) is 12.9 Å². The largest absolute Gasteiger partial charge is 0.495 e. The molecule has 0 aliphatic heterocycles. The van der Waals surface area contributed by atoms with Gasteiger partial charge in [0.15, 0.2) is 0 Å². The smallest absolute Gasteiger partial charge is 0.313 e. The van der Waals surface area contributed by atoms with E-state index >= 15 is 0 Å². The summed E-state index contributed by atoms with van der Waals surface area (Å²) in [7, 11) is 1.53. The van der Waals surface area contributed by atoms with Crippen molar-refractivity contribution in [1.29, 1.82) is 0 Å². The van der Waals surface area contributed by atoms with E-state index in [1.807, 2.05) is 6.92 Å². The van der Waals surface area contributed by atoms with E-state index < -0.39 is 5.97 Å². The van der Waals surface area contributed by atoms with E-state index in [-0.39, 0.29) is 5.75 Å². The van der Waals surface area contributed by atoms with Crippen LogP contribution in [0.5, 0.6) is 5.75 Å². The summed E-state index contributed by atoms with van der Waals surface area (Å²) < 4.78 is 5.05. The Morgan fingerprint density at radius 1 is 1.60 bits per heavy atom. The lowest BCUT2D eigenvalue weighted by Gasteiger charge is -2.08. The maximum atomic E-state index is 10.4. The van der Waals surface area contributed by atoms with Crippen LogP contribution in [0.4, 0.5) is 0 Å². The predicted molar refractivity (Wildman–Crippen MR) is 61.1 cm³/mol. The van der Waals surface area contributed by atoms with Gasteiger partial charge in [-0.15, -0.1) is 11.8 Å². The Labute approximate surface area is 97.4 Å². The van der Waals surface area contributed by atoms with Gasteiger partial charge >= 0.3 is 5.97 Å². The number of thioether (sulfide) groups is 1. The molecule has 3 nitrogen and oxygen atoms in total. The lowest BCUT2D eigenvalue weighted by Crippen LogP contribution is -1.98. The van der Waals surface area contributed by atoms with Crippen LogP contribution >= 0.6 is 23.4 Å². The Balaban J connectivity index is 2.92. The Hall–Kier alpha value is -0.870. The van der Waals surface area contributed by atoms with Gasteiger partial charge < -0.3 is 9.84 Å². The SMILES string of the molecule is COc1cc(SCC(=O)O)c(C)cc1Cl. The molecule has 0 radical (unpaired) electrons. The highest BCUT2D eigenvalue weighted by Gasteiger charge is 2.08. The van der Waals surface area contributed by atoms with Gasteiger partial charge in [0, 0.05) is 4.90 Å². The lowest BCUT2D eigenvalue weighted by atomic mass is 10.2. The molecule has 1 N–H and O–H groups in total. The zero-order valence-corrected chi connectivity index (χ0v) is 9.98. The molecule has 0 saturated heterocycles. The van der Waals surface area contributed by atoms with Crippen LogP contribution < -0.4 is 4.74 Å². The molecule has 0 saturated carbocycles. The third-order valence-corrected chi connectivity index (χ3v) is 3.24. The molecule has 0 heterocycles. The molecule has 0 atom stereocenters. The number of carbonyl (C=O) groups is 1. The monoisotopic (exact) mass is 246 g/mol. The third kappa shape index (κ3) is 3.32. The van der Waals surface area contributed by atoms with Crippen molar-refractivity contribution in [2.24, 2.45) is 0 Å². The molecular formula is C10H11ClO3S. The van der Waals surface area contributed by atoms with Gasteiger partial charge in [-0.2, -0.15) is 0 Å². The molecule has 15 heavy (non-hydrogen) atoms. The van der Waals surface area contributed by atoms with Crippen molar-refractivity contribution in [3.05, 3.63) is 22.7 Å². The number of aryl methyl sites for hydroxylation is 1. The standard InChI is InChI=1S/C10H11ClO3S/c1-6-3-7(11)8(14-2)4-9(6)15-5-10(12)13/h3-4H,5H2,1-2H3,(H,12,13). The Kier molecular flexibility index (Phi) is 4.29. The molecule has 0 spiro atoms. The van der Waals surface area contributed by atoms with E-state index in [1.165, 1.54) is 18.9 Å². The van der Waals surface area contributed by atoms with Gasteiger partial charge in [0.2, 0.25) is 0 Å². The van der Waals surface area contributed by atoms with Gasteiger partial charge in [-0.05, 0) is 24.6 Å². The molecule has 1 aromatic rings. The van der Waals surface area contributed by atoms with Crippen LogP contribution in [0.15, 0.2) is 17.0 Å². The Morgan fingerprint density at radius 2 is 2.27 bits per heavy atom. The number of rotatable bonds is 4. The summed E-state index contributed by atoms with van der Waals surface area (Å²) in [6.07, 6.45) is 0. The van der Waals surface area contributed by atoms with Crippen LogP contribution in [-0.4, -0.2) is 23.9 Å². The fourth-order valence-corrected chi connectivity index (χ4v) is 2.14. The number of carboxylic acid groups (broad SMARTS) is 1. The number of hydrogen-bond donors (Lipinski definition) is 1.